The van der Waals surface area contributed by atoms with E-state index in [1.807, 2.05) is 6.92 Å². The van der Waals surface area contributed by atoms with Crippen molar-refractivity contribution in [2.24, 2.45) is 0 Å². The molecule has 0 unspecified atom stereocenters. The van der Waals surface area contributed by atoms with E-state index in [0.29, 0.717) is 6.42 Å². The minimum atomic E-state index is -3.94. The summed E-state index contributed by atoms with van der Waals surface area (Å²) in [6.07, 6.45) is 0.586. The first kappa shape index (κ1) is 17.7. The highest BCUT2D eigenvalue weighted by Gasteiger charge is 2.35. The highest BCUT2D eigenvalue weighted by molar-refractivity contribution is 7.89. The molecule has 0 atom stereocenters. The first-order valence-corrected chi connectivity index (χ1v) is 8.04. The Labute approximate surface area is 124 Å². The fourth-order valence-corrected chi connectivity index (χ4v) is 4.05. The van der Waals surface area contributed by atoms with Gasteiger partial charge in [0.05, 0.1) is 13.7 Å². The topological polar surface area (TPSA) is 97.0 Å². The SMILES string of the molecule is CCCN(CCO)S(=O)(=O)c1c(C)oc(C)c1C(=O)OC. The van der Waals surface area contributed by atoms with Gasteiger partial charge in [0.15, 0.2) is 0 Å². The summed E-state index contributed by atoms with van der Waals surface area (Å²) in [5.41, 5.74) is -0.0888. The number of hydrogen-bond acceptors (Lipinski definition) is 6. The van der Waals surface area contributed by atoms with Crippen molar-refractivity contribution in [1.29, 1.82) is 0 Å². The Hall–Kier alpha value is -1.38. The molecule has 0 aliphatic heterocycles. The summed E-state index contributed by atoms with van der Waals surface area (Å²) in [6.45, 7) is 4.72. The summed E-state index contributed by atoms with van der Waals surface area (Å²) in [6, 6.07) is 0. The van der Waals surface area contributed by atoms with E-state index < -0.39 is 16.0 Å². The van der Waals surface area contributed by atoms with Crippen LogP contribution < -0.4 is 0 Å². The van der Waals surface area contributed by atoms with Gasteiger partial charge in [-0.15, -0.1) is 0 Å². The van der Waals surface area contributed by atoms with Crippen LogP contribution in [0.25, 0.3) is 0 Å². The molecule has 0 amide bonds. The largest absolute Gasteiger partial charge is 0.465 e. The van der Waals surface area contributed by atoms with E-state index in [9.17, 15) is 13.2 Å². The number of rotatable bonds is 7. The van der Waals surface area contributed by atoms with Crippen LogP contribution in [0, 0.1) is 13.8 Å². The number of ether oxygens (including phenoxy) is 1. The van der Waals surface area contributed by atoms with E-state index in [1.54, 1.807) is 0 Å². The molecule has 1 aromatic heterocycles. The molecule has 0 fully saturated rings. The number of esters is 1. The maximum Gasteiger partial charge on any atom is 0.342 e. The van der Waals surface area contributed by atoms with Crippen LogP contribution in [0.2, 0.25) is 0 Å². The third kappa shape index (κ3) is 3.45. The number of carbonyl (C=O) groups excluding carboxylic acids is 1. The summed E-state index contributed by atoms with van der Waals surface area (Å²) in [7, 11) is -2.76. The lowest BCUT2D eigenvalue weighted by Crippen LogP contribution is -2.35. The molecule has 0 saturated heterocycles. The van der Waals surface area contributed by atoms with Gasteiger partial charge in [0.2, 0.25) is 10.0 Å². The van der Waals surface area contributed by atoms with Crippen molar-refractivity contribution in [2.75, 3.05) is 26.8 Å². The molecule has 21 heavy (non-hydrogen) atoms. The number of sulfonamides is 1. The Morgan fingerprint density at radius 1 is 1.29 bits per heavy atom. The lowest BCUT2D eigenvalue weighted by atomic mass is 10.2. The Kier molecular flexibility index (Phi) is 5.94. The molecular weight excluding hydrogens is 298 g/mol. The molecule has 1 rings (SSSR count). The summed E-state index contributed by atoms with van der Waals surface area (Å²) in [5, 5.41) is 9.05. The fraction of sp³-hybridized carbons (Fsp3) is 0.615. The molecule has 7 nitrogen and oxygen atoms in total. The molecule has 1 N–H and O–H groups in total. The Bertz CT molecular complexity index is 598. The minimum Gasteiger partial charge on any atom is -0.465 e. The van der Waals surface area contributed by atoms with Gasteiger partial charge >= 0.3 is 5.97 Å². The number of furan rings is 1. The van der Waals surface area contributed by atoms with Crippen molar-refractivity contribution in [2.45, 2.75) is 32.1 Å². The number of aliphatic hydroxyl groups is 1. The third-order valence-corrected chi connectivity index (χ3v) is 5.07. The highest BCUT2D eigenvalue weighted by Crippen LogP contribution is 2.29. The van der Waals surface area contributed by atoms with E-state index in [-0.39, 0.29) is 41.7 Å². The van der Waals surface area contributed by atoms with E-state index in [0.717, 1.165) is 4.31 Å². The minimum absolute atomic E-state index is 0.0412. The van der Waals surface area contributed by atoms with Gasteiger partial charge in [-0.25, -0.2) is 13.2 Å². The number of methoxy groups -OCH3 is 1. The zero-order valence-electron chi connectivity index (χ0n) is 12.7. The standard InChI is InChI=1S/C13H21NO6S/c1-5-6-14(7-8-15)21(17,18)12-10(3)20-9(2)11(12)13(16)19-4/h15H,5-8H2,1-4H3. The van der Waals surface area contributed by atoms with E-state index in [2.05, 4.69) is 4.74 Å². The van der Waals surface area contributed by atoms with Crippen LogP contribution in [-0.4, -0.2) is 50.6 Å². The van der Waals surface area contributed by atoms with Crippen LogP contribution >= 0.6 is 0 Å². The second-order valence-electron chi connectivity index (χ2n) is 4.54. The van der Waals surface area contributed by atoms with Crippen molar-refractivity contribution in [3.05, 3.63) is 17.1 Å². The number of carbonyl (C=O) groups is 1. The number of nitrogens with zero attached hydrogens (tertiary/aromatic N) is 1. The predicted octanol–water partition coefficient (Wildman–Crippen LogP) is 1.08. The lowest BCUT2D eigenvalue weighted by molar-refractivity contribution is 0.0594. The molecule has 120 valence electrons. The quantitative estimate of drug-likeness (QED) is 0.755. The molecule has 1 aromatic rings. The van der Waals surface area contributed by atoms with Gasteiger partial charge in [-0.05, 0) is 20.3 Å². The second-order valence-corrected chi connectivity index (χ2v) is 6.41. The molecule has 0 aliphatic rings. The zero-order chi connectivity index (χ0) is 16.2. The van der Waals surface area contributed by atoms with E-state index in [4.69, 9.17) is 9.52 Å². The van der Waals surface area contributed by atoms with Crippen LogP contribution in [0.5, 0.6) is 0 Å². The fourth-order valence-electron chi connectivity index (χ4n) is 2.15. The Balaban J connectivity index is 3.46. The van der Waals surface area contributed by atoms with Gasteiger partial charge in [0.25, 0.3) is 0 Å². The van der Waals surface area contributed by atoms with Gasteiger partial charge in [-0.3, -0.25) is 0 Å². The van der Waals surface area contributed by atoms with Gasteiger partial charge in [0.1, 0.15) is 22.0 Å². The molecule has 0 bridgehead atoms. The smallest absolute Gasteiger partial charge is 0.342 e. The maximum absolute atomic E-state index is 12.7. The van der Waals surface area contributed by atoms with E-state index >= 15 is 0 Å². The Morgan fingerprint density at radius 3 is 2.38 bits per heavy atom. The van der Waals surface area contributed by atoms with Crippen LogP contribution in [0.15, 0.2) is 9.31 Å². The molecule has 0 saturated carbocycles. The number of hydrogen-bond donors (Lipinski definition) is 1. The first-order valence-electron chi connectivity index (χ1n) is 6.60. The van der Waals surface area contributed by atoms with E-state index in [1.165, 1.54) is 21.0 Å². The van der Waals surface area contributed by atoms with Crippen molar-refractivity contribution >= 4 is 16.0 Å². The number of aryl methyl sites for hydroxylation is 2. The summed E-state index contributed by atoms with van der Waals surface area (Å²) < 4.78 is 36.5. The van der Waals surface area contributed by atoms with Gasteiger partial charge < -0.3 is 14.3 Å². The highest BCUT2D eigenvalue weighted by atomic mass is 32.2. The molecule has 8 heteroatoms. The van der Waals surface area contributed by atoms with Crippen molar-refractivity contribution in [1.82, 2.24) is 4.31 Å². The normalized spacial score (nSPS) is 11.9. The van der Waals surface area contributed by atoms with Crippen LogP contribution in [0.3, 0.4) is 0 Å². The molecule has 0 radical (unpaired) electrons. The monoisotopic (exact) mass is 319 g/mol. The third-order valence-electron chi connectivity index (χ3n) is 3.01. The van der Waals surface area contributed by atoms with Crippen LogP contribution in [-0.2, 0) is 14.8 Å². The van der Waals surface area contributed by atoms with Gasteiger partial charge in [-0.1, -0.05) is 6.92 Å². The van der Waals surface area contributed by atoms with Crippen LogP contribution in [0.1, 0.15) is 35.2 Å². The maximum atomic E-state index is 12.7. The molecule has 0 aromatic carbocycles. The molecule has 0 spiro atoms. The van der Waals surface area contributed by atoms with Gasteiger partial charge in [-0.2, -0.15) is 4.31 Å². The molecule has 1 heterocycles. The lowest BCUT2D eigenvalue weighted by Gasteiger charge is -2.20. The van der Waals surface area contributed by atoms with Crippen molar-refractivity contribution < 1.29 is 27.5 Å². The van der Waals surface area contributed by atoms with Gasteiger partial charge in [0, 0.05) is 13.1 Å². The summed E-state index contributed by atoms with van der Waals surface area (Å²) in [5.74, 6) is -0.436. The van der Waals surface area contributed by atoms with Crippen molar-refractivity contribution in [3.63, 3.8) is 0 Å². The molecular formula is C13H21NO6S. The predicted molar refractivity (Wildman–Crippen MR) is 75.7 cm³/mol. The van der Waals surface area contributed by atoms with Crippen molar-refractivity contribution in [3.8, 4) is 0 Å². The number of aliphatic hydroxyl groups excluding tert-OH is 1. The van der Waals surface area contributed by atoms with Crippen LogP contribution in [0.4, 0.5) is 0 Å². The average Bonchev–Trinajstić information content (AvgIpc) is 2.73. The zero-order valence-corrected chi connectivity index (χ0v) is 13.5. The summed E-state index contributed by atoms with van der Waals surface area (Å²) >= 11 is 0. The Morgan fingerprint density at radius 2 is 1.90 bits per heavy atom. The second kappa shape index (κ2) is 7.06. The average molecular weight is 319 g/mol. The first-order chi connectivity index (χ1) is 9.81. The summed E-state index contributed by atoms with van der Waals surface area (Å²) in [4.78, 5) is 11.7. The molecule has 0 aliphatic carbocycles.